The van der Waals surface area contributed by atoms with E-state index in [0.29, 0.717) is 13.2 Å². The minimum atomic E-state index is 0.607. The van der Waals surface area contributed by atoms with Crippen molar-refractivity contribution in [2.75, 3.05) is 52.5 Å². The molecular formula is C24H34N2O2. The van der Waals surface area contributed by atoms with Crippen LogP contribution in [0.3, 0.4) is 0 Å². The van der Waals surface area contributed by atoms with Gasteiger partial charge < -0.3 is 9.47 Å². The quantitative estimate of drug-likeness (QED) is 0.616. The molecule has 0 radical (unpaired) electrons. The largest absolute Gasteiger partial charge is 0.491 e. The van der Waals surface area contributed by atoms with Crippen LogP contribution in [-0.2, 0) is 11.3 Å². The topological polar surface area (TPSA) is 24.9 Å². The molecule has 2 aromatic carbocycles. The van der Waals surface area contributed by atoms with Crippen LogP contribution in [0.5, 0.6) is 5.75 Å². The van der Waals surface area contributed by atoms with Crippen LogP contribution in [0.15, 0.2) is 42.5 Å². The fourth-order valence-corrected chi connectivity index (χ4v) is 3.91. The van der Waals surface area contributed by atoms with Gasteiger partial charge in [-0.3, -0.25) is 9.80 Å². The summed E-state index contributed by atoms with van der Waals surface area (Å²) in [7, 11) is 0. The van der Waals surface area contributed by atoms with Crippen LogP contribution in [0.4, 0.5) is 0 Å². The second-order valence-corrected chi connectivity index (χ2v) is 7.79. The van der Waals surface area contributed by atoms with Gasteiger partial charge in [0, 0.05) is 39.3 Å². The first-order chi connectivity index (χ1) is 13.6. The summed E-state index contributed by atoms with van der Waals surface area (Å²) in [5.41, 5.74) is 5.08. The molecule has 1 heterocycles. The highest BCUT2D eigenvalue weighted by atomic mass is 16.5. The SMILES string of the molecule is Cc1cc(C)c(OCCOCCN2CCN(Cc3ccccc3)CC2)c(C)c1. The fourth-order valence-electron chi connectivity index (χ4n) is 3.91. The predicted molar refractivity (Wildman–Crippen MR) is 115 cm³/mol. The summed E-state index contributed by atoms with van der Waals surface area (Å²) < 4.78 is 11.7. The van der Waals surface area contributed by atoms with E-state index < -0.39 is 0 Å². The minimum Gasteiger partial charge on any atom is -0.491 e. The molecule has 0 spiro atoms. The van der Waals surface area contributed by atoms with Crippen molar-refractivity contribution in [3.63, 3.8) is 0 Å². The lowest BCUT2D eigenvalue weighted by Gasteiger charge is -2.34. The second kappa shape index (κ2) is 10.6. The molecule has 0 bridgehead atoms. The lowest BCUT2D eigenvalue weighted by atomic mass is 10.1. The Hall–Kier alpha value is -1.88. The van der Waals surface area contributed by atoms with Crippen LogP contribution in [0.2, 0.25) is 0 Å². The highest BCUT2D eigenvalue weighted by Gasteiger charge is 2.16. The van der Waals surface area contributed by atoms with Crippen molar-refractivity contribution < 1.29 is 9.47 Å². The van der Waals surface area contributed by atoms with Crippen LogP contribution in [0.25, 0.3) is 0 Å². The zero-order chi connectivity index (χ0) is 19.8. The summed E-state index contributed by atoms with van der Waals surface area (Å²) in [5.74, 6) is 1.00. The molecule has 1 aliphatic heterocycles. The van der Waals surface area contributed by atoms with Crippen LogP contribution >= 0.6 is 0 Å². The summed E-state index contributed by atoms with van der Waals surface area (Å²) >= 11 is 0. The maximum atomic E-state index is 5.94. The molecule has 0 atom stereocenters. The molecule has 2 aromatic rings. The maximum Gasteiger partial charge on any atom is 0.125 e. The highest BCUT2D eigenvalue weighted by Crippen LogP contribution is 2.24. The standard InChI is InChI=1S/C24H34N2O2/c1-20-17-21(2)24(22(3)18-20)28-16-15-27-14-13-25-9-11-26(12-10-25)19-23-7-5-4-6-8-23/h4-8,17-18H,9-16,19H2,1-3H3. The van der Waals surface area contributed by atoms with Crippen molar-refractivity contribution in [3.05, 3.63) is 64.7 Å². The van der Waals surface area contributed by atoms with Gasteiger partial charge in [-0.05, 0) is 37.5 Å². The van der Waals surface area contributed by atoms with Crippen molar-refractivity contribution >= 4 is 0 Å². The molecule has 0 aromatic heterocycles. The molecule has 4 nitrogen and oxygen atoms in total. The van der Waals surface area contributed by atoms with Crippen molar-refractivity contribution in [3.8, 4) is 5.75 Å². The van der Waals surface area contributed by atoms with Crippen LogP contribution in [0.1, 0.15) is 22.3 Å². The summed E-state index contributed by atoms with van der Waals surface area (Å²) in [4.78, 5) is 5.03. The van der Waals surface area contributed by atoms with E-state index in [2.05, 4.69) is 73.0 Å². The maximum absolute atomic E-state index is 5.94. The van der Waals surface area contributed by atoms with Crippen molar-refractivity contribution in [2.45, 2.75) is 27.3 Å². The molecule has 0 saturated carbocycles. The Balaban J connectivity index is 1.27. The van der Waals surface area contributed by atoms with E-state index >= 15 is 0 Å². The van der Waals surface area contributed by atoms with E-state index in [1.54, 1.807) is 0 Å². The average Bonchev–Trinajstić information content (AvgIpc) is 2.68. The van der Waals surface area contributed by atoms with Crippen molar-refractivity contribution in [1.82, 2.24) is 9.80 Å². The molecule has 1 fully saturated rings. The first-order valence-corrected chi connectivity index (χ1v) is 10.4. The van der Waals surface area contributed by atoms with Crippen LogP contribution in [-0.4, -0.2) is 62.3 Å². The molecule has 1 saturated heterocycles. The average molecular weight is 383 g/mol. The summed E-state index contributed by atoms with van der Waals surface area (Å²) in [5, 5.41) is 0. The molecular weight excluding hydrogens is 348 g/mol. The van der Waals surface area contributed by atoms with Gasteiger partial charge in [0.15, 0.2) is 0 Å². The molecule has 3 rings (SSSR count). The Kier molecular flexibility index (Phi) is 7.90. The van der Waals surface area contributed by atoms with Gasteiger partial charge in [-0.2, -0.15) is 0 Å². The number of hydrogen-bond acceptors (Lipinski definition) is 4. The summed E-state index contributed by atoms with van der Waals surface area (Å²) in [6.45, 7) is 14.9. The third kappa shape index (κ3) is 6.33. The molecule has 1 aliphatic rings. The van der Waals surface area contributed by atoms with E-state index in [1.807, 2.05) is 0 Å². The van der Waals surface area contributed by atoms with Crippen LogP contribution < -0.4 is 4.74 Å². The van der Waals surface area contributed by atoms with Gasteiger partial charge in [0.1, 0.15) is 12.4 Å². The van der Waals surface area contributed by atoms with Gasteiger partial charge in [-0.15, -0.1) is 0 Å². The van der Waals surface area contributed by atoms with Gasteiger partial charge in [0.2, 0.25) is 0 Å². The zero-order valence-corrected chi connectivity index (χ0v) is 17.6. The van der Waals surface area contributed by atoms with Gasteiger partial charge in [-0.25, -0.2) is 0 Å². The lowest BCUT2D eigenvalue weighted by Crippen LogP contribution is -2.46. The number of rotatable bonds is 9. The first kappa shape index (κ1) is 20.8. The highest BCUT2D eigenvalue weighted by molar-refractivity contribution is 5.42. The normalized spacial score (nSPS) is 15.7. The molecule has 4 heteroatoms. The lowest BCUT2D eigenvalue weighted by molar-refractivity contribution is 0.0601. The molecule has 0 aliphatic carbocycles. The summed E-state index contributed by atoms with van der Waals surface area (Å²) in [6, 6.07) is 15.1. The monoisotopic (exact) mass is 382 g/mol. The minimum absolute atomic E-state index is 0.607. The predicted octanol–water partition coefficient (Wildman–Crippen LogP) is 3.83. The number of hydrogen-bond donors (Lipinski definition) is 0. The third-order valence-electron chi connectivity index (χ3n) is 5.34. The molecule has 0 N–H and O–H groups in total. The smallest absolute Gasteiger partial charge is 0.125 e. The number of piperazine rings is 1. The van der Waals surface area contributed by atoms with Gasteiger partial charge in [0.05, 0.1) is 13.2 Å². The molecule has 28 heavy (non-hydrogen) atoms. The van der Waals surface area contributed by atoms with E-state index in [9.17, 15) is 0 Å². The Morgan fingerprint density at radius 2 is 1.43 bits per heavy atom. The van der Waals surface area contributed by atoms with E-state index in [4.69, 9.17) is 9.47 Å². The van der Waals surface area contributed by atoms with Crippen molar-refractivity contribution in [2.24, 2.45) is 0 Å². The van der Waals surface area contributed by atoms with E-state index in [-0.39, 0.29) is 0 Å². The molecule has 0 amide bonds. The number of benzene rings is 2. The number of nitrogens with zero attached hydrogens (tertiary/aromatic N) is 2. The Labute approximate surface area is 170 Å². The van der Waals surface area contributed by atoms with E-state index in [1.165, 1.54) is 22.3 Å². The number of ether oxygens (including phenoxy) is 2. The molecule has 0 unspecified atom stereocenters. The third-order valence-corrected chi connectivity index (χ3v) is 5.34. The molecule has 152 valence electrons. The Bertz CT molecular complexity index is 702. The van der Waals surface area contributed by atoms with Gasteiger partial charge in [0.25, 0.3) is 0 Å². The van der Waals surface area contributed by atoms with Crippen LogP contribution in [0, 0.1) is 20.8 Å². The fraction of sp³-hybridized carbons (Fsp3) is 0.500. The van der Waals surface area contributed by atoms with Crippen molar-refractivity contribution in [1.29, 1.82) is 0 Å². The Morgan fingerprint density at radius 1 is 0.786 bits per heavy atom. The van der Waals surface area contributed by atoms with Gasteiger partial charge in [-0.1, -0.05) is 48.0 Å². The van der Waals surface area contributed by atoms with Gasteiger partial charge >= 0.3 is 0 Å². The summed E-state index contributed by atoms with van der Waals surface area (Å²) in [6.07, 6.45) is 0. The van der Waals surface area contributed by atoms with E-state index in [0.717, 1.165) is 51.6 Å². The first-order valence-electron chi connectivity index (χ1n) is 10.4. The Morgan fingerprint density at radius 3 is 2.11 bits per heavy atom. The number of aryl methyl sites for hydroxylation is 3. The zero-order valence-electron chi connectivity index (χ0n) is 17.6. The second-order valence-electron chi connectivity index (χ2n) is 7.79.